The molecular formula is C22H19ClN4O2S. The van der Waals surface area contributed by atoms with Crippen LogP contribution in [-0.4, -0.2) is 26.6 Å². The first-order chi connectivity index (χ1) is 14.5. The van der Waals surface area contributed by atoms with Crippen molar-refractivity contribution in [3.8, 4) is 5.75 Å². The lowest BCUT2D eigenvalue weighted by Gasteiger charge is -2.06. The third kappa shape index (κ3) is 5.31. The molecule has 0 saturated carbocycles. The fourth-order valence-electron chi connectivity index (χ4n) is 2.86. The number of allylic oxidation sites excluding steroid dienone is 4. The van der Waals surface area contributed by atoms with Crippen molar-refractivity contribution in [2.45, 2.75) is 18.5 Å². The Kier molecular flexibility index (Phi) is 6.21. The van der Waals surface area contributed by atoms with Gasteiger partial charge in [-0.3, -0.25) is 9.78 Å². The maximum absolute atomic E-state index is 12.4. The van der Waals surface area contributed by atoms with E-state index in [0.29, 0.717) is 28.1 Å². The van der Waals surface area contributed by atoms with E-state index in [-0.39, 0.29) is 11.7 Å². The van der Waals surface area contributed by atoms with Crippen LogP contribution in [0, 0.1) is 6.92 Å². The van der Waals surface area contributed by atoms with Gasteiger partial charge in [-0.15, -0.1) is 0 Å². The summed E-state index contributed by atoms with van der Waals surface area (Å²) in [5.74, 6) is 1.51. The second-order valence-electron chi connectivity index (χ2n) is 6.71. The monoisotopic (exact) mass is 438 g/mol. The number of rotatable bonds is 6. The van der Waals surface area contributed by atoms with E-state index >= 15 is 0 Å². The van der Waals surface area contributed by atoms with Gasteiger partial charge in [-0.25, -0.2) is 4.98 Å². The smallest absolute Gasteiger partial charge is 0.234 e. The van der Waals surface area contributed by atoms with Crippen LogP contribution in [0.3, 0.4) is 0 Å². The third-order valence-corrected chi connectivity index (χ3v) is 5.32. The molecule has 0 spiro atoms. The van der Waals surface area contributed by atoms with Crippen molar-refractivity contribution >= 4 is 40.3 Å². The summed E-state index contributed by atoms with van der Waals surface area (Å²) in [4.78, 5) is 24.1. The van der Waals surface area contributed by atoms with Crippen LogP contribution in [0.1, 0.15) is 12.0 Å². The quantitative estimate of drug-likeness (QED) is 0.533. The Bertz CT molecular complexity index is 1180. The molecule has 0 aliphatic heterocycles. The predicted molar refractivity (Wildman–Crippen MR) is 119 cm³/mol. The van der Waals surface area contributed by atoms with Crippen molar-refractivity contribution in [3.63, 3.8) is 0 Å². The first-order valence-electron chi connectivity index (χ1n) is 9.30. The van der Waals surface area contributed by atoms with Crippen LogP contribution < -0.4 is 10.1 Å². The van der Waals surface area contributed by atoms with Gasteiger partial charge < -0.3 is 15.0 Å². The standard InChI is InChI=1S/C22H19ClN4O2S/c1-14-9-18(12-24-11-14)29-17-4-2-3-16(6-7-17)25-21(28)13-30-22-26-19-8-5-15(23)10-20(19)27-22/h2,4-12H,3,13H2,1H3,(H,25,28)(H,26,27). The molecule has 0 radical (unpaired) electrons. The molecule has 1 aliphatic rings. The molecule has 8 heteroatoms. The Balaban J connectivity index is 1.33. The number of aryl methyl sites for hydroxylation is 1. The van der Waals surface area contributed by atoms with Gasteiger partial charge in [-0.2, -0.15) is 0 Å². The maximum atomic E-state index is 12.4. The second kappa shape index (κ2) is 9.19. The van der Waals surface area contributed by atoms with Gasteiger partial charge in [-0.1, -0.05) is 29.4 Å². The molecule has 0 bridgehead atoms. The number of amides is 1. The number of hydrogen-bond donors (Lipinski definition) is 2. The van der Waals surface area contributed by atoms with Crippen LogP contribution in [0.4, 0.5) is 0 Å². The summed E-state index contributed by atoms with van der Waals surface area (Å²) in [5, 5.41) is 4.26. The molecule has 1 aliphatic carbocycles. The molecule has 2 aromatic heterocycles. The van der Waals surface area contributed by atoms with E-state index in [2.05, 4.69) is 20.3 Å². The summed E-state index contributed by atoms with van der Waals surface area (Å²) in [5.41, 5.74) is 3.50. The number of carbonyl (C=O) groups excluding carboxylic acids is 1. The molecule has 1 aromatic carbocycles. The number of ether oxygens (including phenoxy) is 1. The van der Waals surface area contributed by atoms with Crippen LogP contribution in [0.25, 0.3) is 11.0 Å². The number of fused-ring (bicyclic) bond motifs is 1. The number of carbonyl (C=O) groups is 1. The van der Waals surface area contributed by atoms with Crippen LogP contribution in [0.2, 0.25) is 5.02 Å². The van der Waals surface area contributed by atoms with Crippen LogP contribution >= 0.6 is 23.4 Å². The van der Waals surface area contributed by atoms with Crippen molar-refractivity contribution in [3.05, 3.63) is 83.0 Å². The molecule has 4 rings (SSSR count). The van der Waals surface area contributed by atoms with Gasteiger partial charge in [0.15, 0.2) is 5.16 Å². The Morgan fingerprint density at radius 1 is 1.30 bits per heavy atom. The number of hydrogen-bond acceptors (Lipinski definition) is 5. The van der Waals surface area contributed by atoms with E-state index in [1.165, 1.54) is 11.8 Å². The molecular weight excluding hydrogens is 420 g/mol. The highest BCUT2D eigenvalue weighted by molar-refractivity contribution is 7.99. The van der Waals surface area contributed by atoms with Gasteiger partial charge in [0.05, 0.1) is 23.0 Å². The maximum Gasteiger partial charge on any atom is 0.234 e. The number of nitrogens with one attached hydrogen (secondary N) is 2. The highest BCUT2D eigenvalue weighted by atomic mass is 35.5. The average Bonchev–Trinajstić information content (AvgIpc) is 2.99. The first kappa shape index (κ1) is 20.3. The number of imidazole rings is 1. The van der Waals surface area contributed by atoms with Gasteiger partial charge >= 0.3 is 0 Å². The summed E-state index contributed by atoms with van der Waals surface area (Å²) < 4.78 is 5.84. The van der Waals surface area contributed by atoms with Crippen LogP contribution in [0.15, 0.2) is 77.6 Å². The number of pyridine rings is 1. The number of thioether (sulfide) groups is 1. The minimum atomic E-state index is -0.0983. The van der Waals surface area contributed by atoms with Gasteiger partial charge in [0.25, 0.3) is 0 Å². The van der Waals surface area contributed by atoms with Crippen molar-refractivity contribution in [2.75, 3.05) is 5.75 Å². The van der Waals surface area contributed by atoms with Crippen LogP contribution in [0.5, 0.6) is 5.75 Å². The van der Waals surface area contributed by atoms with Crippen molar-refractivity contribution in [1.29, 1.82) is 0 Å². The van der Waals surface area contributed by atoms with E-state index in [0.717, 1.165) is 22.3 Å². The Morgan fingerprint density at radius 2 is 2.20 bits per heavy atom. The van der Waals surface area contributed by atoms with Crippen molar-refractivity contribution < 1.29 is 9.53 Å². The molecule has 152 valence electrons. The summed E-state index contributed by atoms with van der Waals surface area (Å²) in [6.07, 6.45) is 11.6. The predicted octanol–water partition coefficient (Wildman–Crippen LogP) is 4.93. The Labute approximate surface area is 183 Å². The van der Waals surface area contributed by atoms with Gasteiger partial charge in [0, 0.05) is 23.3 Å². The second-order valence-corrected chi connectivity index (χ2v) is 8.11. The van der Waals surface area contributed by atoms with E-state index in [4.69, 9.17) is 16.3 Å². The largest absolute Gasteiger partial charge is 0.456 e. The summed E-state index contributed by atoms with van der Waals surface area (Å²) in [7, 11) is 0. The molecule has 30 heavy (non-hydrogen) atoms. The fraction of sp³-hybridized carbons (Fsp3) is 0.136. The highest BCUT2D eigenvalue weighted by Crippen LogP contribution is 2.22. The molecule has 1 amide bonds. The molecule has 0 atom stereocenters. The first-order valence-corrected chi connectivity index (χ1v) is 10.7. The SMILES string of the molecule is Cc1cncc(OC2=CC=C(NC(=O)CSc3nc4ccc(Cl)cc4[nH]3)CC=C2)c1. The number of nitrogens with zero attached hydrogens (tertiary/aromatic N) is 2. The zero-order valence-corrected chi connectivity index (χ0v) is 17.8. The fourth-order valence-corrected chi connectivity index (χ4v) is 3.72. The number of aromatic amines is 1. The summed E-state index contributed by atoms with van der Waals surface area (Å²) in [6.45, 7) is 1.96. The summed E-state index contributed by atoms with van der Waals surface area (Å²) in [6, 6.07) is 7.37. The zero-order chi connectivity index (χ0) is 20.9. The Morgan fingerprint density at radius 3 is 3.07 bits per heavy atom. The summed E-state index contributed by atoms with van der Waals surface area (Å²) >= 11 is 7.34. The lowest BCUT2D eigenvalue weighted by Crippen LogP contribution is -2.24. The lowest BCUT2D eigenvalue weighted by molar-refractivity contribution is -0.117. The van der Waals surface area contributed by atoms with E-state index in [9.17, 15) is 4.79 Å². The zero-order valence-electron chi connectivity index (χ0n) is 16.2. The number of aromatic nitrogens is 3. The number of halogens is 1. The Hall–Kier alpha value is -3.03. The molecule has 2 N–H and O–H groups in total. The number of H-pyrrole nitrogens is 1. The van der Waals surface area contributed by atoms with Crippen molar-refractivity contribution in [2.24, 2.45) is 0 Å². The van der Waals surface area contributed by atoms with Gasteiger partial charge in [-0.05, 0) is 55.0 Å². The lowest BCUT2D eigenvalue weighted by atomic mass is 10.3. The van der Waals surface area contributed by atoms with Crippen LogP contribution in [-0.2, 0) is 4.79 Å². The van der Waals surface area contributed by atoms with E-state index < -0.39 is 0 Å². The average molecular weight is 439 g/mol. The molecule has 0 unspecified atom stereocenters. The molecule has 2 heterocycles. The molecule has 6 nitrogen and oxygen atoms in total. The topological polar surface area (TPSA) is 79.9 Å². The molecule has 0 saturated heterocycles. The minimum Gasteiger partial charge on any atom is -0.456 e. The highest BCUT2D eigenvalue weighted by Gasteiger charge is 2.10. The molecule has 3 aromatic rings. The molecule has 0 fully saturated rings. The third-order valence-electron chi connectivity index (χ3n) is 4.22. The van der Waals surface area contributed by atoms with E-state index in [1.807, 2.05) is 49.4 Å². The minimum absolute atomic E-state index is 0.0983. The van der Waals surface area contributed by atoms with Gasteiger partial charge in [0.1, 0.15) is 11.5 Å². The number of benzene rings is 1. The van der Waals surface area contributed by atoms with Gasteiger partial charge in [0.2, 0.25) is 5.91 Å². The normalized spacial score (nSPS) is 13.5. The van der Waals surface area contributed by atoms with E-state index in [1.54, 1.807) is 18.5 Å². The van der Waals surface area contributed by atoms with Crippen molar-refractivity contribution in [1.82, 2.24) is 20.3 Å².